The molecule has 1 unspecified atom stereocenters. The Bertz CT molecular complexity index is 517. The van der Waals surface area contributed by atoms with Crippen molar-refractivity contribution in [3.05, 3.63) is 22.7 Å². The first kappa shape index (κ1) is 16.1. The molecule has 0 saturated carbocycles. The Balaban J connectivity index is 2.06. The third-order valence-electron chi connectivity index (χ3n) is 3.53. The van der Waals surface area contributed by atoms with Crippen LogP contribution >= 0.6 is 11.6 Å². The van der Waals surface area contributed by atoms with Crippen LogP contribution in [0.3, 0.4) is 0 Å². The summed E-state index contributed by atoms with van der Waals surface area (Å²) < 4.78 is 5.74. The average Bonchev–Trinajstić information content (AvgIpc) is 2.71. The van der Waals surface area contributed by atoms with E-state index in [1.807, 2.05) is 19.1 Å². The molecule has 1 aliphatic heterocycles. The second-order valence-electron chi connectivity index (χ2n) is 5.73. The maximum atomic E-state index is 11.9. The van der Waals surface area contributed by atoms with E-state index >= 15 is 0 Å². The fourth-order valence-corrected chi connectivity index (χ4v) is 2.68. The molecule has 0 spiro atoms. The molecule has 116 valence electrons. The van der Waals surface area contributed by atoms with E-state index in [0.29, 0.717) is 23.3 Å². The lowest BCUT2D eigenvalue weighted by Gasteiger charge is -2.12. The number of ether oxygens (including phenoxy) is 1. The Labute approximate surface area is 131 Å². The third-order valence-corrected chi connectivity index (χ3v) is 3.82. The molecule has 1 aromatic carbocycles. The van der Waals surface area contributed by atoms with Crippen LogP contribution in [-0.4, -0.2) is 19.1 Å². The summed E-state index contributed by atoms with van der Waals surface area (Å²) in [5.74, 6) is 1.26. The summed E-state index contributed by atoms with van der Waals surface area (Å²) in [6.07, 6.45) is 2.12. The molecule has 1 amide bonds. The van der Waals surface area contributed by atoms with Gasteiger partial charge in [-0.05, 0) is 31.4 Å². The predicted octanol–water partition coefficient (Wildman–Crippen LogP) is 3.76. The Kier molecular flexibility index (Phi) is 5.48. The molecule has 21 heavy (non-hydrogen) atoms. The average molecular weight is 311 g/mol. The quantitative estimate of drug-likeness (QED) is 0.754. The van der Waals surface area contributed by atoms with Crippen molar-refractivity contribution in [3.63, 3.8) is 0 Å². The second kappa shape index (κ2) is 7.14. The van der Waals surface area contributed by atoms with Crippen molar-refractivity contribution < 1.29 is 9.53 Å². The highest BCUT2D eigenvalue weighted by Crippen LogP contribution is 2.38. The minimum atomic E-state index is -0.322. The van der Waals surface area contributed by atoms with Gasteiger partial charge < -0.3 is 15.4 Å². The van der Waals surface area contributed by atoms with Gasteiger partial charge in [0, 0.05) is 17.3 Å². The van der Waals surface area contributed by atoms with E-state index in [9.17, 15) is 4.79 Å². The highest BCUT2D eigenvalue weighted by atomic mass is 35.5. The summed E-state index contributed by atoms with van der Waals surface area (Å²) in [4.78, 5) is 11.9. The van der Waals surface area contributed by atoms with E-state index in [2.05, 4.69) is 24.5 Å². The molecular weight excluding hydrogens is 288 g/mol. The Hall–Kier alpha value is -1.26. The SMILES string of the molecule is CCNC1C(=O)Nc2cc(OCCCC(C)C)c(Cl)cc21. The number of halogens is 1. The van der Waals surface area contributed by atoms with Crippen molar-refractivity contribution in [2.75, 3.05) is 18.5 Å². The number of rotatable bonds is 7. The standard InChI is InChI=1S/C16H23ClN2O2/c1-4-18-15-11-8-12(17)14(9-13(11)19-16(15)20)21-7-5-6-10(2)3/h8-10,15,18H,4-7H2,1-3H3,(H,19,20). The fourth-order valence-electron chi connectivity index (χ4n) is 2.45. The smallest absolute Gasteiger partial charge is 0.246 e. The van der Waals surface area contributed by atoms with Crippen LogP contribution in [0.2, 0.25) is 5.02 Å². The lowest BCUT2D eigenvalue weighted by atomic mass is 10.1. The minimum absolute atomic E-state index is 0.0418. The van der Waals surface area contributed by atoms with Crippen LogP contribution < -0.4 is 15.4 Å². The largest absolute Gasteiger partial charge is 0.492 e. The van der Waals surface area contributed by atoms with Gasteiger partial charge >= 0.3 is 0 Å². The van der Waals surface area contributed by atoms with Gasteiger partial charge in [0.15, 0.2) is 0 Å². The number of benzene rings is 1. The van der Waals surface area contributed by atoms with Crippen LogP contribution in [0.4, 0.5) is 5.69 Å². The molecule has 0 saturated heterocycles. The summed E-state index contributed by atoms with van der Waals surface area (Å²) in [5.41, 5.74) is 1.68. The second-order valence-corrected chi connectivity index (χ2v) is 6.14. The molecule has 5 heteroatoms. The van der Waals surface area contributed by atoms with Crippen LogP contribution in [0.15, 0.2) is 12.1 Å². The molecule has 1 aliphatic rings. The number of nitrogens with one attached hydrogen (secondary N) is 2. The molecule has 0 aliphatic carbocycles. The molecular formula is C16H23ClN2O2. The molecule has 0 fully saturated rings. The van der Waals surface area contributed by atoms with Crippen molar-refractivity contribution in [2.45, 2.75) is 39.7 Å². The van der Waals surface area contributed by atoms with E-state index < -0.39 is 0 Å². The topological polar surface area (TPSA) is 50.4 Å². The molecule has 1 aromatic rings. The number of hydrogen-bond acceptors (Lipinski definition) is 3. The van der Waals surface area contributed by atoms with E-state index in [-0.39, 0.29) is 11.9 Å². The van der Waals surface area contributed by atoms with Gasteiger partial charge in [0.25, 0.3) is 0 Å². The minimum Gasteiger partial charge on any atom is -0.492 e. The molecule has 1 heterocycles. The first-order valence-corrected chi connectivity index (χ1v) is 7.91. The fraction of sp³-hybridized carbons (Fsp3) is 0.562. The van der Waals surface area contributed by atoms with Gasteiger partial charge in [-0.25, -0.2) is 0 Å². The van der Waals surface area contributed by atoms with Crippen LogP contribution in [0.25, 0.3) is 0 Å². The maximum absolute atomic E-state index is 11.9. The van der Waals surface area contributed by atoms with Crippen molar-refractivity contribution >= 4 is 23.2 Å². The Morgan fingerprint density at radius 1 is 1.43 bits per heavy atom. The van der Waals surface area contributed by atoms with E-state index in [1.54, 1.807) is 0 Å². The summed E-state index contributed by atoms with van der Waals surface area (Å²) in [5, 5.41) is 6.57. The molecule has 0 bridgehead atoms. The van der Waals surface area contributed by atoms with Crippen molar-refractivity contribution in [1.82, 2.24) is 5.32 Å². The van der Waals surface area contributed by atoms with Crippen LogP contribution in [0.1, 0.15) is 45.2 Å². The van der Waals surface area contributed by atoms with Gasteiger partial charge in [0.05, 0.1) is 11.6 Å². The normalized spacial score (nSPS) is 17.0. The molecule has 0 aromatic heterocycles. The van der Waals surface area contributed by atoms with Gasteiger partial charge in [-0.3, -0.25) is 4.79 Å². The van der Waals surface area contributed by atoms with Gasteiger partial charge in [0.2, 0.25) is 5.91 Å². The lowest BCUT2D eigenvalue weighted by molar-refractivity contribution is -0.117. The van der Waals surface area contributed by atoms with Crippen LogP contribution in [0.5, 0.6) is 5.75 Å². The molecule has 0 radical (unpaired) electrons. The number of likely N-dealkylation sites (N-methyl/N-ethyl adjacent to an activating group) is 1. The van der Waals surface area contributed by atoms with Crippen LogP contribution in [0, 0.1) is 5.92 Å². The number of fused-ring (bicyclic) bond motifs is 1. The highest BCUT2D eigenvalue weighted by Gasteiger charge is 2.30. The summed E-state index contributed by atoms with van der Waals surface area (Å²) in [6.45, 7) is 7.72. The summed E-state index contributed by atoms with van der Waals surface area (Å²) in [7, 11) is 0. The first-order chi connectivity index (χ1) is 10.0. The third kappa shape index (κ3) is 3.89. The van der Waals surface area contributed by atoms with Crippen molar-refractivity contribution in [1.29, 1.82) is 0 Å². The number of carbonyl (C=O) groups is 1. The monoisotopic (exact) mass is 310 g/mol. The molecule has 4 nitrogen and oxygen atoms in total. The Morgan fingerprint density at radius 3 is 2.86 bits per heavy atom. The highest BCUT2D eigenvalue weighted by molar-refractivity contribution is 6.32. The van der Waals surface area contributed by atoms with E-state index in [0.717, 1.165) is 30.6 Å². The zero-order valence-electron chi connectivity index (χ0n) is 12.8. The molecule has 1 atom stereocenters. The Morgan fingerprint density at radius 2 is 2.19 bits per heavy atom. The van der Waals surface area contributed by atoms with Crippen molar-refractivity contribution in [3.8, 4) is 5.75 Å². The summed E-state index contributed by atoms with van der Waals surface area (Å²) >= 11 is 6.27. The number of carbonyl (C=O) groups excluding carboxylic acids is 1. The van der Waals surface area contributed by atoms with E-state index in [4.69, 9.17) is 16.3 Å². The zero-order chi connectivity index (χ0) is 15.4. The zero-order valence-corrected chi connectivity index (χ0v) is 13.6. The number of anilines is 1. The summed E-state index contributed by atoms with van der Waals surface area (Å²) in [6, 6.07) is 3.32. The predicted molar refractivity (Wildman–Crippen MR) is 86.1 cm³/mol. The van der Waals surface area contributed by atoms with Gasteiger partial charge in [0.1, 0.15) is 11.8 Å². The number of hydrogen-bond donors (Lipinski definition) is 2. The first-order valence-electron chi connectivity index (χ1n) is 7.53. The van der Waals surface area contributed by atoms with Crippen molar-refractivity contribution in [2.24, 2.45) is 5.92 Å². The lowest BCUT2D eigenvalue weighted by Crippen LogP contribution is -2.27. The maximum Gasteiger partial charge on any atom is 0.246 e. The van der Waals surface area contributed by atoms with Crippen LogP contribution in [-0.2, 0) is 4.79 Å². The number of amides is 1. The van der Waals surface area contributed by atoms with Gasteiger partial charge in [-0.1, -0.05) is 32.4 Å². The molecule has 2 N–H and O–H groups in total. The van der Waals surface area contributed by atoms with Gasteiger partial charge in [-0.2, -0.15) is 0 Å². The molecule has 2 rings (SSSR count). The van der Waals surface area contributed by atoms with E-state index in [1.165, 1.54) is 0 Å². The van der Waals surface area contributed by atoms with Gasteiger partial charge in [-0.15, -0.1) is 0 Å².